The van der Waals surface area contributed by atoms with Gasteiger partial charge >= 0.3 is 0 Å². The van der Waals surface area contributed by atoms with Gasteiger partial charge in [0.05, 0.1) is 16.3 Å². The van der Waals surface area contributed by atoms with Gasteiger partial charge in [0.2, 0.25) is 5.13 Å². The number of rotatable bonds is 9. The van der Waals surface area contributed by atoms with Crippen LogP contribution in [0.5, 0.6) is 0 Å². The molecule has 0 aliphatic heterocycles. The molecule has 0 saturated heterocycles. The number of unbranched alkanes of at least 4 members (excludes halogenated alkanes) is 2. The Labute approximate surface area is 127 Å². The van der Waals surface area contributed by atoms with Crippen molar-refractivity contribution in [3.63, 3.8) is 0 Å². The Morgan fingerprint density at radius 2 is 2.29 bits per heavy atom. The molecule has 1 rings (SSSR count). The van der Waals surface area contributed by atoms with Crippen LogP contribution in [0.3, 0.4) is 0 Å². The molecule has 0 atom stereocenters. The van der Waals surface area contributed by atoms with E-state index in [1.54, 1.807) is 7.05 Å². The first-order chi connectivity index (χ1) is 10.0. The van der Waals surface area contributed by atoms with Gasteiger partial charge in [-0.1, -0.05) is 6.42 Å². The fourth-order valence-electron chi connectivity index (χ4n) is 1.75. The minimum atomic E-state index is -0.438. The van der Waals surface area contributed by atoms with Gasteiger partial charge in [-0.25, -0.2) is 4.98 Å². The van der Waals surface area contributed by atoms with Crippen molar-refractivity contribution >= 4 is 22.4 Å². The molecule has 0 spiro atoms. The normalized spacial score (nSPS) is 11.2. The lowest BCUT2D eigenvalue weighted by atomic mass is 10.1. The van der Waals surface area contributed by atoms with Crippen LogP contribution in [0.4, 0.5) is 5.13 Å². The third-order valence-electron chi connectivity index (χ3n) is 2.73. The molecule has 8 nitrogen and oxygen atoms in total. The maximum Gasteiger partial charge on any atom is 0.253 e. The number of aliphatic imine (C=N–C) groups is 1. The standard InChI is InChI=1S/C12H20N6O2S/c1-15-9(7-18(19)20)5-3-2-4-6-10-8-21-12(16-10)17-11(13)14/h7-8,15H,2-6H2,1H3,(H4,13,14,16,17)/b9-7-. The van der Waals surface area contributed by atoms with Crippen LogP contribution in [0, 0.1) is 10.1 Å². The van der Waals surface area contributed by atoms with E-state index in [2.05, 4.69) is 15.3 Å². The summed E-state index contributed by atoms with van der Waals surface area (Å²) in [6, 6.07) is 0. The van der Waals surface area contributed by atoms with Crippen molar-refractivity contribution in [3.8, 4) is 0 Å². The highest BCUT2D eigenvalue weighted by molar-refractivity contribution is 7.13. The Hall–Kier alpha value is -2.16. The lowest BCUT2D eigenvalue weighted by Gasteiger charge is -2.03. The summed E-state index contributed by atoms with van der Waals surface area (Å²) in [6.07, 6.45) is 5.39. The lowest BCUT2D eigenvalue weighted by molar-refractivity contribution is -0.403. The molecule has 0 bridgehead atoms. The van der Waals surface area contributed by atoms with Crippen molar-refractivity contribution in [1.82, 2.24) is 10.3 Å². The summed E-state index contributed by atoms with van der Waals surface area (Å²) in [5.41, 5.74) is 12.2. The van der Waals surface area contributed by atoms with Gasteiger partial charge in [-0.05, 0) is 25.7 Å². The topological polar surface area (TPSA) is 132 Å². The third kappa shape index (κ3) is 7.25. The predicted octanol–water partition coefficient (Wildman–Crippen LogP) is 1.49. The van der Waals surface area contributed by atoms with Gasteiger partial charge in [0, 0.05) is 12.4 Å². The van der Waals surface area contributed by atoms with Gasteiger partial charge < -0.3 is 16.8 Å². The quantitative estimate of drug-likeness (QED) is 0.208. The van der Waals surface area contributed by atoms with Crippen LogP contribution in [0.15, 0.2) is 22.3 Å². The van der Waals surface area contributed by atoms with Gasteiger partial charge in [-0.3, -0.25) is 10.1 Å². The summed E-state index contributed by atoms with van der Waals surface area (Å²) in [5.74, 6) is 0.00747. The maximum absolute atomic E-state index is 10.4. The highest BCUT2D eigenvalue weighted by Gasteiger charge is 2.03. The number of thiazole rings is 1. The summed E-state index contributed by atoms with van der Waals surface area (Å²) in [7, 11) is 1.69. The van der Waals surface area contributed by atoms with Gasteiger partial charge in [-0.15, -0.1) is 11.3 Å². The second kappa shape index (κ2) is 8.90. The van der Waals surface area contributed by atoms with E-state index in [1.807, 2.05) is 5.38 Å². The van der Waals surface area contributed by atoms with Gasteiger partial charge in [0.1, 0.15) is 0 Å². The molecule has 0 fully saturated rings. The highest BCUT2D eigenvalue weighted by Crippen LogP contribution is 2.20. The Morgan fingerprint density at radius 1 is 1.52 bits per heavy atom. The van der Waals surface area contributed by atoms with E-state index in [0.717, 1.165) is 37.6 Å². The average molecular weight is 312 g/mol. The van der Waals surface area contributed by atoms with E-state index in [0.29, 0.717) is 17.2 Å². The number of nitrogens with one attached hydrogen (secondary N) is 1. The number of hydrogen-bond acceptors (Lipinski definition) is 6. The van der Waals surface area contributed by atoms with Gasteiger partial charge in [-0.2, -0.15) is 4.99 Å². The molecule has 0 aliphatic rings. The summed E-state index contributed by atoms with van der Waals surface area (Å²) < 4.78 is 0. The SMILES string of the molecule is CN/C(=C\[N+](=O)[O-])CCCCCc1csc(N=C(N)N)n1. The van der Waals surface area contributed by atoms with Crippen LogP contribution < -0.4 is 16.8 Å². The van der Waals surface area contributed by atoms with Crippen LogP contribution in [0.2, 0.25) is 0 Å². The number of nitrogens with zero attached hydrogens (tertiary/aromatic N) is 3. The molecule has 116 valence electrons. The summed E-state index contributed by atoms with van der Waals surface area (Å²) in [5, 5.41) is 15.7. The fraction of sp³-hybridized carbons (Fsp3) is 0.500. The molecule has 0 unspecified atom stereocenters. The second-order valence-corrected chi connectivity index (χ2v) is 5.24. The molecule has 5 N–H and O–H groups in total. The van der Waals surface area contributed by atoms with Crippen molar-refractivity contribution < 1.29 is 4.92 Å². The third-order valence-corrected chi connectivity index (χ3v) is 3.51. The molecule has 1 heterocycles. The highest BCUT2D eigenvalue weighted by atomic mass is 32.1. The number of hydrogen-bond donors (Lipinski definition) is 3. The van der Waals surface area contributed by atoms with E-state index in [9.17, 15) is 10.1 Å². The van der Waals surface area contributed by atoms with Gasteiger partial charge in [0.25, 0.3) is 6.20 Å². The Kier molecular flexibility index (Phi) is 7.16. The first-order valence-corrected chi connectivity index (χ1v) is 7.45. The fourth-order valence-corrected chi connectivity index (χ4v) is 2.49. The minimum Gasteiger partial charge on any atom is -0.386 e. The van der Waals surface area contributed by atoms with Crippen LogP contribution >= 0.6 is 11.3 Å². The maximum atomic E-state index is 10.4. The number of aromatic nitrogens is 1. The van der Waals surface area contributed by atoms with Crippen molar-refractivity contribution in [3.05, 3.63) is 33.1 Å². The van der Waals surface area contributed by atoms with Crippen LogP contribution in [-0.2, 0) is 6.42 Å². The average Bonchev–Trinajstić information content (AvgIpc) is 2.83. The molecule has 21 heavy (non-hydrogen) atoms. The Bertz CT molecular complexity index is 522. The number of guanidine groups is 1. The van der Waals surface area contributed by atoms with Crippen LogP contribution in [0.25, 0.3) is 0 Å². The molecule has 0 aliphatic carbocycles. The van der Waals surface area contributed by atoms with E-state index in [4.69, 9.17) is 11.5 Å². The predicted molar refractivity (Wildman–Crippen MR) is 83.9 cm³/mol. The van der Waals surface area contributed by atoms with Crippen molar-refractivity contribution in [2.45, 2.75) is 32.1 Å². The van der Waals surface area contributed by atoms with Crippen LogP contribution in [-0.4, -0.2) is 22.9 Å². The van der Waals surface area contributed by atoms with Gasteiger partial charge in [0.15, 0.2) is 5.96 Å². The minimum absolute atomic E-state index is 0.00747. The number of nitrogens with two attached hydrogens (primary N) is 2. The molecule has 0 saturated carbocycles. The number of allylic oxidation sites excluding steroid dienone is 1. The molecule has 1 aromatic rings. The van der Waals surface area contributed by atoms with Crippen LogP contribution in [0.1, 0.15) is 31.4 Å². The molecule has 0 amide bonds. The van der Waals surface area contributed by atoms with E-state index in [-0.39, 0.29) is 5.96 Å². The largest absolute Gasteiger partial charge is 0.386 e. The van der Waals surface area contributed by atoms with Crippen molar-refractivity contribution in [2.75, 3.05) is 7.05 Å². The molecule has 1 aromatic heterocycles. The molecule has 9 heteroatoms. The smallest absolute Gasteiger partial charge is 0.253 e. The summed E-state index contributed by atoms with van der Waals surface area (Å²) in [4.78, 5) is 18.1. The zero-order valence-corrected chi connectivity index (χ0v) is 12.7. The number of aryl methyl sites for hydroxylation is 1. The number of nitro groups is 1. The zero-order chi connectivity index (χ0) is 15.7. The van der Waals surface area contributed by atoms with E-state index < -0.39 is 4.92 Å². The first-order valence-electron chi connectivity index (χ1n) is 6.57. The zero-order valence-electron chi connectivity index (χ0n) is 11.9. The van der Waals surface area contributed by atoms with Crippen molar-refractivity contribution in [1.29, 1.82) is 0 Å². The lowest BCUT2D eigenvalue weighted by Crippen LogP contribution is -2.21. The van der Waals surface area contributed by atoms with E-state index >= 15 is 0 Å². The van der Waals surface area contributed by atoms with E-state index in [1.165, 1.54) is 11.3 Å². The monoisotopic (exact) mass is 312 g/mol. The molecular weight excluding hydrogens is 292 g/mol. The van der Waals surface area contributed by atoms with Crippen molar-refractivity contribution in [2.24, 2.45) is 16.5 Å². The molecular formula is C12H20N6O2S. The Morgan fingerprint density at radius 3 is 2.90 bits per heavy atom. The Balaban J connectivity index is 2.27. The summed E-state index contributed by atoms with van der Waals surface area (Å²) >= 11 is 1.40. The second-order valence-electron chi connectivity index (χ2n) is 4.41. The molecule has 0 aromatic carbocycles. The first kappa shape index (κ1) is 16.9. The molecule has 0 radical (unpaired) electrons. The summed E-state index contributed by atoms with van der Waals surface area (Å²) in [6.45, 7) is 0.